The van der Waals surface area contributed by atoms with Gasteiger partial charge < -0.3 is 0 Å². The molecule has 0 fully saturated rings. The zero-order valence-corrected chi connectivity index (χ0v) is 8.63. The molecule has 0 atom stereocenters. The number of aromatic nitrogens is 2. The highest BCUT2D eigenvalue weighted by atomic mass is 35.5. The number of alkyl halides is 3. The molecule has 16 heavy (non-hydrogen) atoms. The SMILES string of the molecule is FC(F)(F)c1ccc(Cl)cc1-n1cccn1. The Balaban J connectivity index is 2.63. The van der Waals surface area contributed by atoms with Gasteiger partial charge in [0.15, 0.2) is 0 Å². The lowest BCUT2D eigenvalue weighted by Crippen LogP contribution is -2.11. The first-order valence-electron chi connectivity index (χ1n) is 4.35. The molecule has 0 aliphatic heterocycles. The molecular weight excluding hydrogens is 241 g/mol. The van der Waals surface area contributed by atoms with Crippen LogP contribution in [0.1, 0.15) is 5.56 Å². The third kappa shape index (κ3) is 2.04. The molecular formula is C10H6ClF3N2. The van der Waals surface area contributed by atoms with E-state index in [-0.39, 0.29) is 10.7 Å². The molecule has 0 bridgehead atoms. The van der Waals surface area contributed by atoms with E-state index in [9.17, 15) is 13.2 Å². The maximum absolute atomic E-state index is 12.7. The van der Waals surface area contributed by atoms with Crippen molar-refractivity contribution < 1.29 is 13.2 Å². The van der Waals surface area contributed by atoms with Gasteiger partial charge in [0.1, 0.15) is 0 Å². The molecule has 84 valence electrons. The first-order valence-corrected chi connectivity index (χ1v) is 4.73. The van der Waals surface area contributed by atoms with Gasteiger partial charge in [-0.15, -0.1) is 0 Å². The van der Waals surface area contributed by atoms with E-state index in [4.69, 9.17) is 11.6 Å². The second-order valence-electron chi connectivity index (χ2n) is 3.11. The molecule has 0 aliphatic rings. The van der Waals surface area contributed by atoms with E-state index in [1.807, 2.05) is 0 Å². The van der Waals surface area contributed by atoms with E-state index < -0.39 is 11.7 Å². The fraction of sp³-hybridized carbons (Fsp3) is 0.100. The summed E-state index contributed by atoms with van der Waals surface area (Å²) in [7, 11) is 0. The number of benzene rings is 1. The van der Waals surface area contributed by atoms with E-state index >= 15 is 0 Å². The molecule has 6 heteroatoms. The summed E-state index contributed by atoms with van der Waals surface area (Å²) >= 11 is 5.68. The van der Waals surface area contributed by atoms with Crippen molar-refractivity contribution in [3.05, 3.63) is 47.2 Å². The quantitative estimate of drug-likeness (QED) is 0.752. The van der Waals surface area contributed by atoms with Crippen molar-refractivity contribution in [2.24, 2.45) is 0 Å². The van der Waals surface area contributed by atoms with Crippen molar-refractivity contribution >= 4 is 11.6 Å². The van der Waals surface area contributed by atoms with Crippen molar-refractivity contribution in [1.29, 1.82) is 0 Å². The molecule has 2 aromatic rings. The molecule has 1 heterocycles. The lowest BCUT2D eigenvalue weighted by molar-refractivity contribution is -0.137. The Bertz CT molecular complexity index is 491. The van der Waals surface area contributed by atoms with Crippen LogP contribution in [-0.4, -0.2) is 9.78 Å². The molecule has 0 radical (unpaired) electrons. The van der Waals surface area contributed by atoms with Crippen LogP contribution in [-0.2, 0) is 6.18 Å². The average molecular weight is 247 g/mol. The second kappa shape index (κ2) is 3.83. The van der Waals surface area contributed by atoms with Crippen molar-refractivity contribution in [2.45, 2.75) is 6.18 Å². The minimum atomic E-state index is -4.42. The van der Waals surface area contributed by atoms with Gasteiger partial charge in [-0.2, -0.15) is 18.3 Å². The van der Waals surface area contributed by atoms with E-state index in [1.54, 1.807) is 6.07 Å². The molecule has 0 aliphatic carbocycles. The molecule has 2 nitrogen and oxygen atoms in total. The van der Waals surface area contributed by atoms with Crippen LogP contribution in [0.4, 0.5) is 13.2 Å². The minimum absolute atomic E-state index is 0.0787. The molecule has 0 spiro atoms. The standard InChI is InChI=1S/C10H6ClF3N2/c11-7-2-3-8(10(12,13)14)9(6-7)16-5-1-4-15-16/h1-6H. The summed E-state index contributed by atoms with van der Waals surface area (Å²) in [5.74, 6) is 0. The Morgan fingerprint density at radius 2 is 2.00 bits per heavy atom. The predicted octanol–water partition coefficient (Wildman–Crippen LogP) is 3.54. The largest absolute Gasteiger partial charge is 0.418 e. The van der Waals surface area contributed by atoms with Gasteiger partial charge in [0.25, 0.3) is 0 Å². The van der Waals surface area contributed by atoms with Gasteiger partial charge in [0.2, 0.25) is 0 Å². The predicted molar refractivity (Wildman–Crippen MR) is 53.6 cm³/mol. The summed E-state index contributed by atoms with van der Waals surface area (Å²) in [6.45, 7) is 0. The summed E-state index contributed by atoms with van der Waals surface area (Å²) < 4.78 is 39.2. The first kappa shape index (κ1) is 11.0. The van der Waals surface area contributed by atoms with Gasteiger partial charge in [-0.3, -0.25) is 0 Å². The number of rotatable bonds is 1. The van der Waals surface area contributed by atoms with E-state index in [1.165, 1.54) is 24.5 Å². The second-order valence-corrected chi connectivity index (χ2v) is 3.55. The van der Waals surface area contributed by atoms with Crippen molar-refractivity contribution in [3.63, 3.8) is 0 Å². The van der Waals surface area contributed by atoms with Gasteiger partial charge in [0.05, 0.1) is 11.3 Å². The third-order valence-electron chi connectivity index (χ3n) is 2.02. The summed E-state index contributed by atoms with van der Waals surface area (Å²) in [6, 6.07) is 4.93. The van der Waals surface area contributed by atoms with Crippen molar-refractivity contribution in [2.75, 3.05) is 0 Å². The Morgan fingerprint density at radius 3 is 2.56 bits per heavy atom. The minimum Gasteiger partial charge on any atom is -0.240 e. The number of hydrogen-bond donors (Lipinski definition) is 0. The normalized spacial score (nSPS) is 11.8. The van der Waals surface area contributed by atoms with E-state index in [0.717, 1.165) is 10.7 Å². The van der Waals surface area contributed by atoms with Gasteiger partial charge in [0, 0.05) is 17.4 Å². The lowest BCUT2D eigenvalue weighted by atomic mass is 10.1. The van der Waals surface area contributed by atoms with Gasteiger partial charge in [-0.05, 0) is 24.3 Å². The topological polar surface area (TPSA) is 17.8 Å². The van der Waals surface area contributed by atoms with Crippen LogP contribution in [0.3, 0.4) is 0 Å². The molecule has 1 aromatic carbocycles. The molecule has 0 amide bonds. The number of halogens is 4. The van der Waals surface area contributed by atoms with Gasteiger partial charge in [-0.1, -0.05) is 11.6 Å². The van der Waals surface area contributed by atoms with Crippen LogP contribution >= 0.6 is 11.6 Å². The summed E-state index contributed by atoms with van der Waals surface area (Å²) in [4.78, 5) is 0. The van der Waals surface area contributed by atoms with Crippen molar-refractivity contribution in [1.82, 2.24) is 9.78 Å². The summed E-state index contributed by atoms with van der Waals surface area (Å²) in [6.07, 6.45) is -1.59. The van der Waals surface area contributed by atoms with Crippen LogP contribution in [0.15, 0.2) is 36.7 Å². The fourth-order valence-electron chi connectivity index (χ4n) is 1.35. The summed E-state index contributed by atoms with van der Waals surface area (Å²) in [5.41, 5.74) is -0.842. The Kier molecular flexibility index (Phi) is 2.63. The molecule has 2 rings (SSSR count). The first-order chi connectivity index (χ1) is 7.48. The summed E-state index contributed by atoms with van der Waals surface area (Å²) in [5, 5.41) is 3.99. The highest BCUT2D eigenvalue weighted by Gasteiger charge is 2.34. The monoisotopic (exact) mass is 246 g/mol. The number of hydrogen-bond acceptors (Lipinski definition) is 1. The fourth-order valence-corrected chi connectivity index (χ4v) is 1.51. The molecule has 0 saturated heterocycles. The van der Waals surface area contributed by atoms with Crippen molar-refractivity contribution in [3.8, 4) is 5.69 Å². The Labute approximate surface area is 94.3 Å². The molecule has 0 N–H and O–H groups in total. The van der Waals surface area contributed by atoms with Crippen LogP contribution in [0.2, 0.25) is 5.02 Å². The Hall–Kier alpha value is -1.49. The maximum Gasteiger partial charge on any atom is 0.418 e. The van der Waals surface area contributed by atoms with Crippen LogP contribution in [0.5, 0.6) is 0 Å². The van der Waals surface area contributed by atoms with E-state index in [0.29, 0.717) is 0 Å². The Morgan fingerprint density at radius 1 is 1.25 bits per heavy atom. The zero-order valence-electron chi connectivity index (χ0n) is 7.87. The smallest absolute Gasteiger partial charge is 0.240 e. The van der Waals surface area contributed by atoms with Gasteiger partial charge >= 0.3 is 6.18 Å². The molecule has 1 aromatic heterocycles. The lowest BCUT2D eigenvalue weighted by Gasteiger charge is -2.12. The van der Waals surface area contributed by atoms with Crippen LogP contribution in [0.25, 0.3) is 5.69 Å². The van der Waals surface area contributed by atoms with E-state index in [2.05, 4.69) is 5.10 Å². The molecule has 0 saturated carbocycles. The number of nitrogens with zero attached hydrogens (tertiary/aromatic N) is 2. The van der Waals surface area contributed by atoms with Crippen LogP contribution < -0.4 is 0 Å². The third-order valence-corrected chi connectivity index (χ3v) is 2.25. The zero-order chi connectivity index (χ0) is 11.8. The van der Waals surface area contributed by atoms with Gasteiger partial charge in [-0.25, -0.2) is 4.68 Å². The highest BCUT2D eigenvalue weighted by molar-refractivity contribution is 6.30. The highest BCUT2D eigenvalue weighted by Crippen LogP contribution is 2.34. The maximum atomic E-state index is 12.7. The molecule has 0 unspecified atom stereocenters. The van der Waals surface area contributed by atoms with Crippen LogP contribution in [0, 0.1) is 0 Å². The average Bonchev–Trinajstić information content (AvgIpc) is 2.68.